The van der Waals surface area contributed by atoms with E-state index in [1.807, 2.05) is 12.1 Å². The highest BCUT2D eigenvalue weighted by atomic mass is 16.2. The zero-order chi connectivity index (χ0) is 14.7. The molecule has 1 amide bonds. The molecule has 4 nitrogen and oxygen atoms in total. The van der Waals surface area contributed by atoms with Crippen LogP contribution in [-0.4, -0.2) is 33.9 Å². The summed E-state index contributed by atoms with van der Waals surface area (Å²) in [6.07, 6.45) is 10.0. The third kappa shape index (κ3) is 3.10. The first-order valence-corrected chi connectivity index (χ1v) is 8.20. The molecule has 1 aromatic rings. The predicted octanol–water partition coefficient (Wildman–Crippen LogP) is 2.49. The van der Waals surface area contributed by atoms with Gasteiger partial charge in [-0.2, -0.15) is 0 Å². The standard InChI is InChI=1S/C17H25N3O/c1-2-8-17(9-3-10-19-17)16(21)20(15-4-5-15)13-14-6-11-18-12-7-14/h6-7,11-12,15,19H,2-5,8-10,13H2,1H3. The van der Waals surface area contributed by atoms with Gasteiger partial charge in [-0.25, -0.2) is 0 Å². The van der Waals surface area contributed by atoms with Crippen molar-refractivity contribution in [2.24, 2.45) is 0 Å². The van der Waals surface area contributed by atoms with E-state index in [9.17, 15) is 4.79 Å². The van der Waals surface area contributed by atoms with Crippen molar-refractivity contribution in [1.29, 1.82) is 0 Å². The number of carbonyl (C=O) groups is 1. The summed E-state index contributed by atoms with van der Waals surface area (Å²) in [5.74, 6) is 0.321. The number of nitrogens with one attached hydrogen (secondary N) is 1. The molecule has 0 bridgehead atoms. The average molecular weight is 287 g/mol. The zero-order valence-electron chi connectivity index (χ0n) is 12.8. The molecule has 1 saturated carbocycles. The summed E-state index contributed by atoms with van der Waals surface area (Å²) in [5, 5.41) is 3.52. The van der Waals surface area contributed by atoms with E-state index in [2.05, 4.69) is 22.1 Å². The summed E-state index contributed by atoms with van der Waals surface area (Å²) in [6, 6.07) is 4.47. The van der Waals surface area contributed by atoms with Gasteiger partial charge in [-0.15, -0.1) is 0 Å². The Hall–Kier alpha value is -1.42. The summed E-state index contributed by atoms with van der Waals surface area (Å²) >= 11 is 0. The van der Waals surface area contributed by atoms with Gasteiger partial charge < -0.3 is 10.2 Å². The summed E-state index contributed by atoms with van der Waals surface area (Å²) in [7, 11) is 0. The molecule has 3 rings (SSSR count). The van der Waals surface area contributed by atoms with Gasteiger partial charge >= 0.3 is 0 Å². The number of rotatable bonds is 6. The van der Waals surface area contributed by atoms with Crippen LogP contribution in [0.4, 0.5) is 0 Å². The molecule has 1 aromatic heterocycles. The maximum absolute atomic E-state index is 13.2. The summed E-state index contributed by atoms with van der Waals surface area (Å²) < 4.78 is 0. The molecule has 0 aromatic carbocycles. The van der Waals surface area contributed by atoms with E-state index in [1.54, 1.807) is 12.4 Å². The molecule has 0 spiro atoms. The Morgan fingerprint density at radius 2 is 2.19 bits per heavy atom. The molecule has 0 radical (unpaired) electrons. The van der Waals surface area contributed by atoms with Gasteiger partial charge in [0.15, 0.2) is 0 Å². The number of hydrogen-bond donors (Lipinski definition) is 1. The second kappa shape index (κ2) is 6.14. The van der Waals surface area contributed by atoms with Crippen LogP contribution >= 0.6 is 0 Å². The lowest BCUT2D eigenvalue weighted by Gasteiger charge is -2.35. The molecule has 1 N–H and O–H groups in total. The topological polar surface area (TPSA) is 45.2 Å². The quantitative estimate of drug-likeness (QED) is 0.874. The summed E-state index contributed by atoms with van der Waals surface area (Å²) in [6.45, 7) is 3.86. The molecule has 2 heterocycles. The number of aromatic nitrogens is 1. The van der Waals surface area contributed by atoms with E-state index in [0.717, 1.165) is 51.6 Å². The third-order valence-corrected chi connectivity index (χ3v) is 4.68. The SMILES string of the molecule is CCCC1(C(=O)N(Cc2ccncc2)C2CC2)CCCN1. The lowest BCUT2D eigenvalue weighted by Crippen LogP contribution is -2.55. The zero-order valence-corrected chi connectivity index (χ0v) is 12.8. The largest absolute Gasteiger partial charge is 0.334 e. The molecule has 1 atom stereocenters. The number of nitrogens with zero attached hydrogens (tertiary/aromatic N) is 2. The first-order valence-electron chi connectivity index (χ1n) is 8.20. The van der Waals surface area contributed by atoms with Gasteiger partial charge in [-0.1, -0.05) is 13.3 Å². The highest BCUT2D eigenvalue weighted by Crippen LogP contribution is 2.34. The van der Waals surface area contributed by atoms with Crippen molar-refractivity contribution < 1.29 is 4.79 Å². The fraction of sp³-hybridized carbons (Fsp3) is 0.647. The second-order valence-electron chi connectivity index (χ2n) is 6.38. The minimum Gasteiger partial charge on any atom is -0.334 e. The summed E-state index contributed by atoms with van der Waals surface area (Å²) in [5.41, 5.74) is 0.875. The van der Waals surface area contributed by atoms with Crippen molar-refractivity contribution in [3.8, 4) is 0 Å². The van der Waals surface area contributed by atoms with Gasteiger partial charge in [0.25, 0.3) is 0 Å². The normalized spacial score (nSPS) is 25.0. The van der Waals surface area contributed by atoms with E-state index in [4.69, 9.17) is 0 Å². The van der Waals surface area contributed by atoms with Gasteiger partial charge in [0.05, 0.1) is 5.54 Å². The van der Waals surface area contributed by atoms with Gasteiger partial charge in [-0.3, -0.25) is 9.78 Å². The fourth-order valence-electron chi connectivity index (χ4n) is 3.45. The summed E-state index contributed by atoms with van der Waals surface area (Å²) in [4.78, 5) is 19.4. The first kappa shape index (κ1) is 14.5. The van der Waals surface area contributed by atoms with Crippen molar-refractivity contribution in [2.75, 3.05) is 6.54 Å². The van der Waals surface area contributed by atoms with Gasteiger partial charge in [0.2, 0.25) is 5.91 Å². The lowest BCUT2D eigenvalue weighted by molar-refractivity contribution is -0.139. The third-order valence-electron chi connectivity index (χ3n) is 4.68. The van der Waals surface area contributed by atoms with Crippen molar-refractivity contribution in [3.63, 3.8) is 0 Å². The Balaban J connectivity index is 1.78. The highest BCUT2D eigenvalue weighted by molar-refractivity contribution is 5.87. The van der Waals surface area contributed by atoms with Crippen molar-refractivity contribution in [1.82, 2.24) is 15.2 Å². The minimum absolute atomic E-state index is 0.301. The maximum Gasteiger partial charge on any atom is 0.243 e. The van der Waals surface area contributed by atoms with E-state index in [1.165, 1.54) is 5.56 Å². The molecule has 114 valence electrons. The number of amides is 1. The average Bonchev–Trinajstić information content (AvgIpc) is 3.24. The number of hydrogen-bond acceptors (Lipinski definition) is 3. The predicted molar refractivity (Wildman–Crippen MR) is 82.7 cm³/mol. The van der Waals surface area contributed by atoms with Crippen molar-refractivity contribution in [3.05, 3.63) is 30.1 Å². The van der Waals surface area contributed by atoms with E-state index >= 15 is 0 Å². The Labute approximate surface area is 126 Å². The molecular weight excluding hydrogens is 262 g/mol. The van der Waals surface area contributed by atoms with Crippen LogP contribution in [-0.2, 0) is 11.3 Å². The smallest absolute Gasteiger partial charge is 0.243 e. The molecule has 1 saturated heterocycles. The lowest BCUT2D eigenvalue weighted by atomic mass is 9.90. The van der Waals surface area contributed by atoms with E-state index in [0.29, 0.717) is 11.9 Å². The Morgan fingerprint density at radius 1 is 1.43 bits per heavy atom. The molecule has 1 aliphatic heterocycles. The van der Waals surface area contributed by atoms with Crippen LogP contribution in [0, 0.1) is 0 Å². The second-order valence-corrected chi connectivity index (χ2v) is 6.38. The van der Waals surface area contributed by atoms with Crippen LogP contribution < -0.4 is 5.32 Å². The molecule has 21 heavy (non-hydrogen) atoms. The van der Waals surface area contributed by atoms with Gasteiger partial charge in [0.1, 0.15) is 0 Å². The molecule has 4 heteroatoms. The first-order chi connectivity index (χ1) is 10.2. The number of carbonyl (C=O) groups excluding carboxylic acids is 1. The van der Waals surface area contributed by atoms with E-state index < -0.39 is 0 Å². The van der Waals surface area contributed by atoms with Crippen LogP contribution in [0.25, 0.3) is 0 Å². The molecule has 2 fully saturated rings. The molecular formula is C17H25N3O. The Bertz CT molecular complexity index is 478. The Kier molecular flexibility index (Phi) is 4.24. The van der Waals surface area contributed by atoms with Gasteiger partial charge in [0, 0.05) is 25.0 Å². The number of pyridine rings is 1. The monoisotopic (exact) mass is 287 g/mol. The van der Waals surface area contributed by atoms with E-state index in [-0.39, 0.29) is 5.54 Å². The highest BCUT2D eigenvalue weighted by Gasteiger charge is 2.45. The van der Waals surface area contributed by atoms with Crippen LogP contribution in [0.2, 0.25) is 0 Å². The minimum atomic E-state index is -0.301. The van der Waals surface area contributed by atoms with Crippen LogP contribution in [0.1, 0.15) is 51.0 Å². The molecule has 1 unspecified atom stereocenters. The van der Waals surface area contributed by atoms with Gasteiger partial charge in [-0.05, 0) is 56.3 Å². The molecule has 1 aliphatic carbocycles. The fourth-order valence-corrected chi connectivity index (χ4v) is 3.45. The van der Waals surface area contributed by atoms with Crippen LogP contribution in [0.15, 0.2) is 24.5 Å². The maximum atomic E-state index is 13.2. The molecule has 2 aliphatic rings. The van der Waals surface area contributed by atoms with Crippen LogP contribution in [0.5, 0.6) is 0 Å². The van der Waals surface area contributed by atoms with Crippen molar-refractivity contribution in [2.45, 2.75) is 63.6 Å². The van der Waals surface area contributed by atoms with Crippen LogP contribution in [0.3, 0.4) is 0 Å². The van der Waals surface area contributed by atoms with Crippen molar-refractivity contribution >= 4 is 5.91 Å². The Morgan fingerprint density at radius 3 is 2.76 bits per heavy atom.